The molecule has 2 aromatic carbocycles. The number of anilines is 1. The first-order chi connectivity index (χ1) is 12.6. The highest BCUT2D eigenvalue weighted by molar-refractivity contribution is 6.30. The van der Waals surface area contributed by atoms with Gasteiger partial charge in [0.25, 0.3) is 0 Å². The maximum atomic E-state index is 12.5. The second kappa shape index (κ2) is 8.32. The van der Waals surface area contributed by atoms with Crippen LogP contribution in [0.1, 0.15) is 11.1 Å². The molecule has 0 spiro atoms. The van der Waals surface area contributed by atoms with Gasteiger partial charge in [-0.05, 0) is 30.7 Å². The number of nitrogens with zero attached hydrogens (tertiary/aromatic N) is 2. The summed E-state index contributed by atoms with van der Waals surface area (Å²) in [4.78, 5) is 16.6. The van der Waals surface area contributed by atoms with Crippen LogP contribution < -0.4 is 15.0 Å². The Morgan fingerprint density at radius 3 is 2.62 bits per heavy atom. The summed E-state index contributed by atoms with van der Waals surface area (Å²) in [6.07, 6.45) is 0. The minimum atomic E-state index is -0.0432. The first-order valence-electron chi connectivity index (χ1n) is 8.74. The van der Waals surface area contributed by atoms with E-state index in [0.29, 0.717) is 19.6 Å². The van der Waals surface area contributed by atoms with Crippen molar-refractivity contribution >= 4 is 23.3 Å². The normalized spacial score (nSPS) is 14.3. The summed E-state index contributed by atoms with van der Waals surface area (Å²) < 4.78 is 5.32. The third-order valence-corrected chi connectivity index (χ3v) is 4.94. The average Bonchev–Trinajstić information content (AvgIpc) is 2.68. The van der Waals surface area contributed by atoms with Crippen LogP contribution in [0.2, 0.25) is 5.02 Å². The molecule has 0 atom stereocenters. The van der Waals surface area contributed by atoms with Gasteiger partial charge >= 0.3 is 6.03 Å². The summed E-state index contributed by atoms with van der Waals surface area (Å²) >= 11 is 6.13. The van der Waals surface area contributed by atoms with Gasteiger partial charge in [0.2, 0.25) is 0 Å². The molecule has 1 aliphatic rings. The molecule has 26 heavy (non-hydrogen) atoms. The number of urea groups is 1. The number of rotatable bonds is 4. The lowest BCUT2D eigenvalue weighted by molar-refractivity contribution is 0.194. The molecule has 138 valence electrons. The van der Waals surface area contributed by atoms with E-state index in [0.717, 1.165) is 35.1 Å². The van der Waals surface area contributed by atoms with Crippen LogP contribution in [0.5, 0.6) is 5.75 Å². The lowest BCUT2D eigenvalue weighted by Gasteiger charge is -2.36. The standard InChI is InChI=1S/C20H24ClN3O2/c1-15-7-8-17(21)13-18(15)23-9-11-24(12-10-23)20(25)22-14-16-5-3-4-6-19(16)26-2/h3-8,13H,9-12,14H2,1-2H3,(H,22,25). The minimum absolute atomic E-state index is 0.0432. The van der Waals surface area contributed by atoms with Crippen molar-refractivity contribution in [2.24, 2.45) is 0 Å². The molecule has 0 bridgehead atoms. The minimum Gasteiger partial charge on any atom is -0.496 e. The quantitative estimate of drug-likeness (QED) is 0.889. The zero-order chi connectivity index (χ0) is 18.5. The van der Waals surface area contributed by atoms with Crippen LogP contribution in [0.3, 0.4) is 0 Å². The lowest BCUT2D eigenvalue weighted by atomic mass is 10.1. The molecular formula is C20H24ClN3O2. The summed E-state index contributed by atoms with van der Waals surface area (Å²) in [5.41, 5.74) is 3.31. The number of carbonyl (C=O) groups is 1. The molecule has 0 saturated carbocycles. The SMILES string of the molecule is COc1ccccc1CNC(=O)N1CCN(c2cc(Cl)ccc2C)CC1. The number of nitrogens with one attached hydrogen (secondary N) is 1. The molecule has 2 aromatic rings. The van der Waals surface area contributed by atoms with Crippen LogP contribution in [0.4, 0.5) is 10.5 Å². The van der Waals surface area contributed by atoms with Crippen molar-refractivity contribution < 1.29 is 9.53 Å². The second-order valence-corrected chi connectivity index (χ2v) is 6.81. The predicted octanol–water partition coefficient (Wildman–Crippen LogP) is 3.69. The van der Waals surface area contributed by atoms with Crippen molar-refractivity contribution in [2.75, 3.05) is 38.2 Å². The molecule has 0 radical (unpaired) electrons. The number of aryl methyl sites for hydroxylation is 1. The van der Waals surface area contributed by atoms with Crippen molar-refractivity contribution in [3.05, 3.63) is 58.6 Å². The highest BCUT2D eigenvalue weighted by atomic mass is 35.5. The van der Waals surface area contributed by atoms with Crippen molar-refractivity contribution in [3.63, 3.8) is 0 Å². The molecule has 0 unspecified atom stereocenters. The monoisotopic (exact) mass is 373 g/mol. The highest BCUT2D eigenvalue weighted by Crippen LogP contribution is 2.25. The zero-order valence-electron chi connectivity index (χ0n) is 15.2. The Morgan fingerprint density at radius 2 is 1.88 bits per heavy atom. The number of amides is 2. The summed E-state index contributed by atoms with van der Waals surface area (Å²) in [5, 5.41) is 3.72. The van der Waals surface area contributed by atoms with Crippen LogP contribution in [0.25, 0.3) is 0 Å². The molecule has 1 N–H and O–H groups in total. The summed E-state index contributed by atoms with van der Waals surface area (Å²) in [6.45, 7) is 5.49. The van der Waals surface area contributed by atoms with Gasteiger partial charge in [-0.3, -0.25) is 0 Å². The molecule has 1 fully saturated rings. The summed E-state index contributed by atoms with van der Waals surface area (Å²) in [7, 11) is 1.64. The Bertz CT molecular complexity index is 773. The Balaban J connectivity index is 1.54. The molecule has 0 aromatic heterocycles. The largest absolute Gasteiger partial charge is 0.496 e. The maximum absolute atomic E-state index is 12.5. The van der Waals surface area contributed by atoms with Gasteiger partial charge in [-0.25, -0.2) is 4.79 Å². The fourth-order valence-corrected chi connectivity index (χ4v) is 3.37. The van der Waals surface area contributed by atoms with Crippen molar-refractivity contribution in [1.82, 2.24) is 10.2 Å². The van der Waals surface area contributed by atoms with Crippen LogP contribution in [-0.2, 0) is 6.54 Å². The molecular weight excluding hydrogens is 350 g/mol. The summed E-state index contributed by atoms with van der Waals surface area (Å²) in [6, 6.07) is 13.6. The number of halogens is 1. The van der Waals surface area contributed by atoms with Crippen molar-refractivity contribution in [3.8, 4) is 5.75 Å². The maximum Gasteiger partial charge on any atom is 0.317 e. The Hall–Kier alpha value is -2.40. The molecule has 2 amide bonds. The number of hydrogen-bond donors (Lipinski definition) is 1. The predicted molar refractivity (Wildman–Crippen MR) is 105 cm³/mol. The first kappa shape index (κ1) is 18.4. The third-order valence-electron chi connectivity index (χ3n) is 4.70. The highest BCUT2D eigenvalue weighted by Gasteiger charge is 2.22. The number of carbonyl (C=O) groups excluding carboxylic acids is 1. The number of benzene rings is 2. The van der Waals surface area contributed by atoms with Gasteiger partial charge in [0, 0.05) is 49.0 Å². The van der Waals surface area contributed by atoms with E-state index in [9.17, 15) is 4.79 Å². The smallest absolute Gasteiger partial charge is 0.317 e. The van der Waals surface area contributed by atoms with E-state index >= 15 is 0 Å². The van der Waals surface area contributed by atoms with E-state index in [2.05, 4.69) is 17.1 Å². The van der Waals surface area contributed by atoms with E-state index in [1.807, 2.05) is 47.4 Å². The molecule has 1 saturated heterocycles. The van der Waals surface area contributed by atoms with Crippen LogP contribution in [0, 0.1) is 6.92 Å². The topological polar surface area (TPSA) is 44.8 Å². The van der Waals surface area contributed by atoms with Gasteiger partial charge in [-0.1, -0.05) is 35.9 Å². The summed E-state index contributed by atoms with van der Waals surface area (Å²) in [5.74, 6) is 0.786. The van der Waals surface area contributed by atoms with E-state index < -0.39 is 0 Å². The molecule has 5 nitrogen and oxygen atoms in total. The van der Waals surface area contributed by atoms with Crippen molar-refractivity contribution in [2.45, 2.75) is 13.5 Å². The molecule has 1 aliphatic heterocycles. The van der Waals surface area contributed by atoms with Crippen LogP contribution in [0.15, 0.2) is 42.5 Å². The number of hydrogen-bond acceptors (Lipinski definition) is 3. The van der Waals surface area contributed by atoms with E-state index in [1.165, 1.54) is 5.56 Å². The third kappa shape index (κ3) is 4.22. The fraction of sp³-hybridized carbons (Fsp3) is 0.350. The van der Waals surface area contributed by atoms with Crippen LogP contribution >= 0.6 is 11.6 Å². The Kier molecular flexibility index (Phi) is 5.89. The Morgan fingerprint density at radius 1 is 1.15 bits per heavy atom. The average molecular weight is 374 g/mol. The van der Waals surface area contributed by atoms with E-state index in [-0.39, 0.29) is 6.03 Å². The fourth-order valence-electron chi connectivity index (χ4n) is 3.21. The van der Waals surface area contributed by atoms with E-state index in [1.54, 1.807) is 7.11 Å². The van der Waals surface area contributed by atoms with Gasteiger partial charge in [-0.15, -0.1) is 0 Å². The number of para-hydroxylation sites is 1. The van der Waals surface area contributed by atoms with Crippen molar-refractivity contribution in [1.29, 1.82) is 0 Å². The van der Waals surface area contributed by atoms with Gasteiger partial charge in [0.05, 0.1) is 7.11 Å². The molecule has 6 heteroatoms. The van der Waals surface area contributed by atoms with Crippen LogP contribution in [-0.4, -0.2) is 44.2 Å². The number of piperazine rings is 1. The molecule has 1 heterocycles. The van der Waals surface area contributed by atoms with Gasteiger partial charge < -0.3 is 19.9 Å². The van der Waals surface area contributed by atoms with Gasteiger partial charge in [0.15, 0.2) is 0 Å². The Labute approximate surface area is 159 Å². The lowest BCUT2D eigenvalue weighted by Crippen LogP contribution is -2.51. The number of methoxy groups -OCH3 is 1. The molecule has 3 rings (SSSR count). The molecule has 0 aliphatic carbocycles. The second-order valence-electron chi connectivity index (χ2n) is 6.38. The van der Waals surface area contributed by atoms with Gasteiger partial charge in [0.1, 0.15) is 5.75 Å². The first-order valence-corrected chi connectivity index (χ1v) is 9.12. The van der Waals surface area contributed by atoms with Gasteiger partial charge in [-0.2, -0.15) is 0 Å². The number of ether oxygens (including phenoxy) is 1. The van der Waals surface area contributed by atoms with E-state index in [4.69, 9.17) is 16.3 Å². The zero-order valence-corrected chi connectivity index (χ0v) is 15.9.